The topological polar surface area (TPSA) is 102 Å². The molecule has 2 N–H and O–H groups in total. The summed E-state index contributed by atoms with van der Waals surface area (Å²) in [5.74, 6) is 0.422. The lowest BCUT2D eigenvalue weighted by molar-refractivity contribution is -0.113. The number of ether oxygens (including phenoxy) is 1. The Labute approximate surface area is 230 Å². The number of nitrogens with one attached hydrogen (secondary N) is 2. The number of benzene rings is 3. The molecule has 8 nitrogen and oxygen atoms in total. The van der Waals surface area contributed by atoms with Crippen LogP contribution in [0, 0.1) is 0 Å². The van der Waals surface area contributed by atoms with E-state index in [2.05, 4.69) is 10.6 Å². The van der Waals surface area contributed by atoms with Gasteiger partial charge in [-0.05, 0) is 54.8 Å². The van der Waals surface area contributed by atoms with Gasteiger partial charge in [0.25, 0.3) is 11.5 Å². The van der Waals surface area contributed by atoms with Crippen LogP contribution in [-0.2, 0) is 11.3 Å². The van der Waals surface area contributed by atoms with Crippen LogP contribution in [0.15, 0.2) is 82.7 Å². The first kappa shape index (κ1) is 26.5. The number of aromatic nitrogens is 2. The molecule has 0 radical (unpaired) electrons. The zero-order chi connectivity index (χ0) is 27.2. The lowest BCUT2D eigenvalue weighted by Crippen LogP contribution is -2.32. The summed E-state index contributed by atoms with van der Waals surface area (Å²) >= 11 is 1.20. The van der Waals surface area contributed by atoms with E-state index in [9.17, 15) is 14.4 Å². The molecule has 1 aromatic heterocycles. The van der Waals surface area contributed by atoms with Gasteiger partial charge >= 0.3 is 0 Å². The summed E-state index contributed by atoms with van der Waals surface area (Å²) in [5, 5.41) is 6.92. The number of para-hydroxylation sites is 1. The molecule has 39 heavy (non-hydrogen) atoms. The van der Waals surface area contributed by atoms with Crippen LogP contribution in [0.25, 0.3) is 10.9 Å². The van der Waals surface area contributed by atoms with Gasteiger partial charge in [0, 0.05) is 23.4 Å². The number of carbonyl (C=O) groups is 2. The average Bonchev–Trinajstić information content (AvgIpc) is 3.47. The molecule has 0 atom stereocenters. The predicted octanol–water partition coefficient (Wildman–Crippen LogP) is 4.86. The Balaban J connectivity index is 1.33. The molecule has 1 heterocycles. The van der Waals surface area contributed by atoms with Crippen molar-refractivity contribution in [3.8, 4) is 5.75 Å². The first-order valence-corrected chi connectivity index (χ1v) is 13.9. The summed E-state index contributed by atoms with van der Waals surface area (Å²) in [6, 6.07) is 21.8. The van der Waals surface area contributed by atoms with E-state index in [4.69, 9.17) is 9.72 Å². The normalized spacial score (nSPS) is 13.4. The molecule has 1 saturated carbocycles. The lowest BCUT2D eigenvalue weighted by Gasteiger charge is -2.14. The van der Waals surface area contributed by atoms with Gasteiger partial charge in [0.1, 0.15) is 5.75 Å². The van der Waals surface area contributed by atoms with Crippen molar-refractivity contribution >= 4 is 40.2 Å². The highest BCUT2D eigenvalue weighted by molar-refractivity contribution is 7.99. The third-order valence-electron chi connectivity index (χ3n) is 6.76. The third-order valence-corrected chi connectivity index (χ3v) is 7.74. The number of methoxy groups -OCH3 is 1. The lowest BCUT2D eigenvalue weighted by atomic mass is 10.1. The van der Waals surface area contributed by atoms with Crippen LogP contribution < -0.4 is 20.9 Å². The quantitative estimate of drug-likeness (QED) is 0.231. The fourth-order valence-electron chi connectivity index (χ4n) is 4.71. The molecule has 0 bridgehead atoms. The standard InChI is InChI=1S/C30H30N4O4S/c1-38-24-10-6-9-23(17-24)31-27(35)19-39-30-33-26-12-5-4-11-25(26)29(37)34(30)18-20-13-15-21(16-14-20)28(36)32-22-7-2-3-8-22/h4-6,9-17,22H,2-3,7-8,18-19H2,1H3,(H,31,35)(H,32,36). The number of thioether (sulfide) groups is 1. The van der Waals surface area contributed by atoms with Crippen molar-refractivity contribution in [3.05, 3.63) is 94.3 Å². The van der Waals surface area contributed by atoms with Gasteiger partial charge in [-0.1, -0.05) is 54.9 Å². The maximum atomic E-state index is 13.5. The van der Waals surface area contributed by atoms with Crippen molar-refractivity contribution in [1.82, 2.24) is 14.9 Å². The maximum absolute atomic E-state index is 13.5. The van der Waals surface area contributed by atoms with Crippen LogP contribution in [0.5, 0.6) is 5.75 Å². The highest BCUT2D eigenvalue weighted by Crippen LogP contribution is 2.22. The van der Waals surface area contributed by atoms with Crippen molar-refractivity contribution in [3.63, 3.8) is 0 Å². The van der Waals surface area contributed by atoms with E-state index in [1.54, 1.807) is 60.2 Å². The summed E-state index contributed by atoms with van der Waals surface area (Å²) in [7, 11) is 1.57. The minimum atomic E-state index is -0.222. The minimum absolute atomic E-state index is 0.0717. The highest BCUT2D eigenvalue weighted by atomic mass is 32.2. The number of amides is 2. The van der Waals surface area contributed by atoms with Crippen molar-refractivity contribution in [1.29, 1.82) is 0 Å². The molecule has 0 aliphatic heterocycles. The molecule has 200 valence electrons. The fraction of sp³-hybridized carbons (Fsp3) is 0.267. The van der Waals surface area contributed by atoms with Crippen molar-refractivity contribution in [2.45, 2.75) is 43.4 Å². The second kappa shape index (κ2) is 12.2. The van der Waals surface area contributed by atoms with E-state index < -0.39 is 0 Å². The van der Waals surface area contributed by atoms with Crippen LogP contribution in [0.3, 0.4) is 0 Å². The zero-order valence-corrected chi connectivity index (χ0v) is 22.5. The zero-order valence-electron chi connectivity index (χ0n) is 21.7. The largest absolute Gasteiger partial charge is 0.497 e. The van der Waals surface area contributed by atoms with E-state index in [1.165, 1.54) is 11.8 Å². The molecular weight excluding hydrogens is 512 g/mol. The minimum Gasteiger partial charge on any atom is -0.497 e. The monoisotopic (exact) mass is 542 g/mol. The molecular formula is C30H30N4O4S. The first-order chi connectivity index (χ1) is 19.0. The molecule has 2 amide bonds. The Kier molecular flexibility index (Phi) is 8.27. The van der Waals surface area contributed by atoms with Gasteiger partial charge in [-0.25, -0.2) is 4.98 Å². The van der Waals surface area contributed by atoms with Crippen LogP contribution in [0.2, 0.25) is 0 Å². The van der Waals surface area contributed by atoms with Crippen molar-refractivity contribution < 1.29 is 14.3 Å². The Morgan fingerprint density at radius 1 is 1.03 bits per heavy atom. The number of anilines is 1. The molecule has 5 rings (SSSR count). The Morgan fingerprint density at radius 3 is 2.56 bits per heavy atom. The van der Waals surface area contributed by atoms with E-state index in [1.807, 2.05) is 24.3 Å². The maximum Gasteiger partial charge on any atom is 0.262 e. The highest BCUT2D eigenvalue weighted by Gasteiger charge is 2.18. The number of hydrogen-bond donors (Lipinski definition) is 2. The molecule has 1 aliphatic rings. The SMILES string of the molecule is COc1cccc(NC(=O)CSc2nc3ccccc3c(=O)n2Cc2ccc(C(=O)NC3CCCC3)cc2)c1. The number of fused-ring (bicyclic) bond motifs is 1. The van der Waals surface area contributed by atoms with Gasteiger partial charge in [0.15, 0.2) is 5.16 Å². The van der Waals surface area contributed by atoms with Gasteiger partial charge in [-0.15, -0.1) is 0 Å². The van der Waals surface area contributed by atoms with Crippen LogP contribution in [0.4, 0.5) is 5.69 Å². The Hall–Kier alpha value is -4.11. The van der Waals surface area contributed by atoms with Crippen LogP contribution in [-0.4, -0.2) is 40.3 Å². The van der Waals surface area contributed by atoms with Crippen LogP contribution >= 0.6 is 11.8 Å². The van der Waals surface area contributed by atoms with E-state index in [0.717, 1.165) is 31.2 Å². The molecule has 1 fully saturated rings. The van der Waals surface area contributed by atoms with E-state index in [0.29, 0.717) is 33.1 Å². The second-order valence-corrected chi connectivity index (χ2v) is 10.5. The number of hydrogen-bond acceptors (Lipinski definition) is 6. The van der Waals surface area contributed by atoms with Crippen LogP contribution in [0.1, 0.15) is 41.6 Å². The molecule has 3 aromatic carbocycles. The van der Waals surface area contributed by atoms with Gasteiger partial charge in [-0.3, -0.25) is 19.0 Å². The Bertz CT molecular complexity index is 1550. The molecule has 0 spiro atoms. The average molecular weight is 543 g/mol. The second-order valence-electron chi connectivity index (χ2n) is 9.52. The number of nitrogens with zero attached hydrogens (tertiary/aromatic N) is 2. The predicted molar refractivity (Wildman–Crippen MR) is 154 cm³/mol. The summed E-state index contributed by atoms with van der Waals surface area (Å²) in [6.07, 6.45) is 4.36. The van der Waals surface area contributed by atoms with Gasteiger partial charge in [-0.2, -0.15) is 0 Å². The molecule has 9 heteroatoms. The first-order valence-electron chi connectivity index (χ1n) is 13.0. The molecule has 1 aliphatic carbocycles. The molecule has 4 aromatic rings. The smallest absolute Gasteiger partial charge is 0.262 e. The fourth-order valence-corrected chi connectivity index (χ4v) is 5.51. The Morgan fingerprint density at radius 2 is 1.79 bits per heavy atom. The third kappa shape index (κ3) is 6.49. The molecule has 0 unspecified atom stereocenters. The van der Waals surface area contributed by atoms with Gasteiger partial charge < -0.3 is 15.4 Å². The number of carbonyl (C=O) groups excluding carboxylic acids is 2. The van der Waals surface area contributed by atoms with Gasteiger partial charge in [0.05, 0.1) is 30.3 Å². The summed E-state index contributed by atoms with van der Waals surface area (Å²) in [6.45, 7) is 0.265. The summed E-state index contributed by atoms with van der Waals surface area (Å²) < 4.78 is 6.80. The van der Waals surface area contributed by atoms with E-state index >= 15 is 0 Å². The van der Waals surface area contributed by atoms with Crippen molar-refractivity contribution in [2.75, 3.05) is 18.2 Å². The summed E-state index contributed by atoms with van der Waals surface area (Å²) in [5.41, 5.74) is 2.47. The van der Waals surface area contributed by atoms with E-state index in [-0.39, 0.29) is 35.7 Å². The number of rotatable bonds is 9. The summed E-state index contributed by atoms with van der Waals surface area (Å²) in [4.78, 5) is 43.5. The molecule has 0 saturated heterocycles. The van der Waals surface area contributed by atoms with Crippen molar-refractivity contribution in [2.24, 2.45) is 0 Å². The van der Waals surface area contributed by atoms with Gasteiger partial charge in [0.2, 0.25) is 5.91 Å².